The number of aromatic nitrogens is 2. The summed E-state index contributed by atoms with van der Waals surface area (Å²) in [6.07, 6.45) is 0. The van der Waals surface area contributed by atoms with Crippen LogP contribution in [0.15, 0.2) is 30.3 Å². The van der Waals surface area contributed by atoms with Crippen LogP contribution in [-0.4, -0.2) is 40.2 Å². The summed E-state index contributed by atoms with van der Waals surface area (Å²) in [6.45, 7) is 3.73. The average Bonchev–Trinajstić information content (AvgIpc) is 2.96. The van der Waals surface area contributed by atoms with Gasteiger partial charge in [-0.05, 0) is 12.5 Å². The molecule has 0 atom stereocenters. The summed E-state index contributed by atoms with van der Waals surface area (Å²) in [4.78, 5) is 25.8. The van der Waals surface area contributed by atoms with Gasteiger partial charge >= 0.3 is 5.97 Å². The van der Waals surface area contributed by atoms with Gasteiger partial charge < -0.3 is 9.64 Å². The van der Waals surface area contributed by atoms with E-state index in [9.17, 15) is 9.59 Å². The summed E-state index contributed by atoms with van der Waals surface area (Å²) in [5.41, 5.74) is 2.87. The number of benzene rings is 1. The second-order valence-corrected chi connectivity index (χ2v) is 5.34. The van der Waals surface area contributed by atoms with Gasteiger partial charge in [0.25, 0.3) is 5.91 Å². The first-order chi connectivity index (χ1) is 10.6. The van der Waals surface area contributed by atoms with Crippen molar-refractivity contribution in [3.8, 4) is 0 Å². The van der Waals surface area contributed by atoms with Crippen molar-refractivity contribution in [2.45, 2.75) is 20.0 Å². The molecule has 0 saturated carbocycles. The molecule has 6 heteroatoms. The molecule has 2 aromatic rings. The van der Waals surface area contributed by atoms with Crippen molar-refractivity contribution >= 4 is 11.9 Å². The molecule has 3 rings (SSSR count). The molecular formula is C16H17N3O3. The molecule has 0 radical (unpaired) electrons. The number of nitrogens with zero attached hydrogens (tertiary/aromatic N) is 3. The van der Waals surface area contributed by atoms with Crippen molar-refractivity contribution in [2.75, 3.05) is 13.7 Å². The van der Waals surface area contributed by atoms with Gasteiger partial charge in [-0.1, -0.05) is 29.8 Å². The standard InChI is InChI=1S/C16H17N3O3/c1-11-3-5-12(6-4-11)10-18-7-8-19-14(15(18)20)9-13(17-19)16(21)22-2/h3-6,9H,7-8,10H2,1-2H3. The Labute approximate surface area is 128 Å². The minimum Gasteiger partial charge on any atom is -0.464 e. The molecule has 22 heavy (non-hydrogen) atoms. The molecule has 1 amide bonds. The van der Waals surface area contributed by atoms with Gasteiger partial charge in [-0.2, -0.15) is 5.10 Å². The van der Waals surface area contributed by atoms with Crippen LogP contribution in [0.4, 0.5) is 0 Å². The van der Waals surface area contributed by atoms with Crippen LogP contribution in [0.25, 0.3) is 0 Å². The molecule has 2 heterocycles. The van der Waals surface area contributed by atoms with Crippen LogP contribution in [0.2, 0.25) is 0 Å². The van der Waals surface area contributed by atoms with E-state index in [1.54, 1.807) is 9.58 Å². The van der Waals surface area contributed by atoms with Crippen molar-refractivity contribution in [2.24, 2.45) is 0 Å². The van der Waals surface area contributed by atoms with Gasteiger partial charge in [0.2, 0.25) is 0 Å². The number of carbonyl (C=O) groups is 2. The van der Waals surface area contributed by atoms with E-state index >= 15 is 0 Å². The number of rotatable bonds is 3. The van der Waals surface area contributed by atoms with Crippen molar-refractivity contribution in [1.82, 2.24) is 14.7 Å². The van der Waals surface area contributed by atoms with E-state index < -0.39 is 5.97 Å². The lowest BCUT2D eigenvalue weighted by Gasteiger charge is -2.27. The predicted octanol–water partition coefficient (Wildman–Crippen LogP) is 1.63. The Morgan fingerprint density at radius 2 is 2.00 bits per heavy atom. The highest BCUT2D eigenvalue weighted by molar-refractivity contribution is 5.96. The van der Waals surface area contributed by atoms with E-state index in [2.05, 4.69) is 9.84 Å². The Hall–Kier alpha value is -2.63. The van der Waals surface area contributed by atoms with E-state index in [0.29, 0.717) is 25.3 Å². The summed E-state index contributed by atoms with van der Waals surface area (Å²) < 4.78 is 6.21. The molecule has 0 N–H and O–H groups in total. The molecule has 1 aliphatic heterocycles. The fourth-order valence-corrected chi connectivity index (χ4v) is 2.51. The lowest BCUT2D eigenvalue weighted by atomic mass is 10.1. The lowest BCUT2D eigenvalue weighted by molar-refractivity contribution is 0.0590. The Balaban J connectivity index is 1.80. The topological polar surface area (TPSA) is 64.4 Å². The quantitative estimate of drug-likeness (QED) is 0.808. The second-order valence-electron chi connectivity index (χ2n) is 5.34. The number of amides is 1. The number of hydrogen-bond donors (Lipinski definition) is 0. The predicted molar refractivity (Wildman–Crippen MR) is 79.5 cm³/mol. The van der Waals surface area contributed by atoms with Crippen molar-refractivity contribution in [3.05, 3.63) is 52.8 Å². The zero-order valence-corrected chi connectivity index (χ0v) is 12.6. The molecule has 0 aliphatic carbocycles. The van der Waals surface area contributed by atoms with Crippen LogP contribution in [0, 0.1) is 6.92 Å². The first-order valence-corrected chi connectivity index (χ1v) is 7.09. The summed E-state index contributed by atoms with van der Waals surface area (Å²) in [5, 5.41) is 4.12. The van der Waals surface area contributed by atoms with Crippen molar-refractivity contribution in [3.63, 3.8) is 0 Å². The lowest BCUT2D eigenvalue weighted by Crippen LogP contribution is -2.39. The molecule has 1 aromatic carbocycles. The van der Waals surface area contributed by atoms with E-state index in [-0.39, 0.29) is 11.6 Å². The number of aryl methyl sites for hydroxylation is 1. The number of hydrogen-bond acceptors (Lipinski definition) is 4. The molecule has 0 unspecified atom stereocenters. The van der Waals surface area contributed by atoms with Gasteiger partial charge in [0.15, 0.2) is 5.69 Å². The average molecular weight is 299 g/mol. The van der Waals surface area contributed by atoms with Crippen LogP contribution in [0.3, 0.4) is 0 Å². The molecule has 1 aliphatic rings. The van der Waals surface area contributed by atoms with Crippen LogP contribution in [0.5, 0.6) is 0 Å². The molecule has 0 bridgehead atoms. The summed E-state index contributed by atoms with van der Waals surface area (Å²) in [6, 6.07) is 9.60. The number of fused-ring (bicyclic) bond motifs is 1. The highest BCUT2D eigenvalue weighted by Gasteiger charge is 2.28. The first kappa shape index (κ1) is 14.3. The van der Waals surface area contributed by atoms with Gasteiger partial charge in [0, 0.05) is 19.2 Å². The van der Waals surface area contributed by atoms with E-state index in [1.165, 1.54) is 18.7 Å². The largest absolute Gasteiger partial charge is 0.464 e. The van der Waals surface area contributed by atoms with Gasteiger partial charge in [0.05, 0.1) is 13.7 Å². The molecule has 0 spiro atoms. The third-order valence-electron chi connectivity index (χ3n) is 3.76. The van der Waals surface area contributed by atoms with E-state index in [4.69, 9.17) is 0 Å². The molecule has 114 valence electrons. The minimum atomic E-state index is -0.528. The molecule has 6 nitrogen and oxygen atoms in total. The van der Waals surface area contributed by atoms with Gasteiger partial charge in [0.1, 0.15) is 5.69 Å². The van der Waals surface area contributed by atoms with E-state index in [1.807, 2.05) is 31.2 Å². The fourth-order valence-electron chi connectivity index (χ4n) is 2.51. The Morgan fingerprint density at radius 1 is 1.27 bits per heavy atom. The number of esters is 1. The smallest absolute Gasteiger partial charge is 0.358 e. The van der Waals surface area contributed by atoms with Crippen LogP contribution < -0.4 is 0 Å². The SMILES string of the molecule is COC(=O)c1cc2n(n1)CCN(Cc1ccc(C)cc1)C2=O. The molecule has 0 saturated heterocycles. The molecular weight excluding hydrogens is 282 g/mol. The molecule has 1 aromatic heterocycles. The van der Waals surface area contributed by atoms with Crippen molar-refractivity contribution in [1.29, 1.82) is 0 Å². The highest BCUT2D eigenvalue weighted by Crippen LogP contribution is 2.17. The minimum absolute atomic E-state index is 0.116. The zero-order valence-electron chi connectivity index (χ0n) is 12.6. The normalized spacial score (nSPS) is 13.9. The van der Waals surface area contributed by atoms with Gasteiger partial charge in [-0.15, -0.1) is 0 Å². The highest BCUT2D eigenvalue weighted by atomic mass is 16.5. The third kappa shape index (κ3) is 2.59. The fraction of sp³-hybridized carbons (Fsp3) is 0.312. The number of methoxy groups -OCH3 is 1. The zero-order chi connectivity index (χ0) is 15.7. The monoisotopic (exact) mass is 299 g/mol. The third-order valence-corrected chi connectivity index (χ3v) is 3.76. The maximum absolute atomic E-state index is 12.5. The number of carbonyl (C=O) groups excluding carboxylic acids is 2. The summed E-state index contributed by atoms with van der Waals surface area (Å²) in [7, 11) is 1.30. The van der Waals surface area contributed by atoms with Crippen LogP contribution >= 0.6 is 0 Å². The Bertz CT molecular complexity index is 719. The van der Waals surface area contributed by atoms with Crippen LogP contribution in [0.1, 0.15) is 32.1 Å². The van der Waals surface area contributed by atoms with Crippen molar-refractivity contribution < 1.29 is 14.3 Å². The first-order valence-electron chi connectivity index (χ1n) is 7.09. The van der Waals surface area contributed by atoms with E-state index in [0.717, 1.165) is 5.56 Å². The van der Waals surface area contributed by atoms with Crippen LogP contribution in [-0.2, 0) is 17.8 Å². The summed E-state index contributed by atoms with van der Waals surface area (Å²) in [5.74, 6) is -0.644. The molecule has 0 fully saturated rings. The maximum atomic E-state index is 12.5. The maximum Gasteiger partial charge on any atom is 0.358 e. The Kier molecular flexibility index (Phi) is 3.66. The van der Waals surface area contributed by atoms with Gasteiger partial charge in [-0.3, -0.25) is 9.48 Å². The number of ether oxygens (including phenoxy) is 1. The second kappa shape index (κ2) is 5.63. The van der Waals surface area contributed by atoms with Gasteiger partial charge in [-0.25, -0.2) is 4.79 Å². The summed E-state index contributed by atoms with van der Waals surface area (Å²) >= 11 is 0. The Morgan fingerprint density at radius 3 is 2.68 bits per heavy atom.